The SMILES string of the molecule is O=C(CSc1ccc2nnc(C(F)(F)F)n2n1)Nc1ccc(Cl)cc1. The van der Waals surface area contributed by atoms with Crippen molar-refractivity contribution in [3.63, 3.8) is 0 Å². The Morgan fingerprint density at radius 1 is 1.16 bits per heavy atom. The number of benzene rings is 1. The van der Waals surface area contributed by atoms with E-state index in [1.807, 2.05) is 0 Å². The third kappa shape index (κ3) is 4.20. The van der Waals surface area contributed by atoms with Crippen LogP contribution >= 0.6 is 23.4 Å². The van der Waals surface area contributed by atoms with Crippen LogP contribution in [0.3, 0.4) is 0 Å². The van der Waals surface area contributed by atoms with E-state index in [0.29, 0.717) is 15.2 Å². The Balaban J connectivity index is 1.68. The Morgan fingerprint density at radius 2 is 1.88 bits per heavy atom. The summed E-state index contributed by atoms with van der Waals surface area (Å²) in [7, 11) is 0. The molecule has 2 aromatic heterocycles. The first kappa shape index (κ1) is 17.5. The minimum atomic E-state index is -4.67. The van der Waals surface area contributed by atoms with E-state index >= 15 is 0 Å². The zero-order valence-electron chi connectivity index (χ0n) is 12.3. The normalized spacial score (nSPS) is 11.7. The zero-order chi connectivity index (χ0) is 18.0. The van der Waals surface area contributed by atoms with E-state index in [0.717, 1.165) is 11.8 Å². The molecule has 3 rings (SSSR count). The first-order valence-electron chi connectivity index (χ1n) is 6.81. The van der Waals surface area contributed by atoms with Crippen molar-refractivity contribution in [1.82, 2.24) is 19.8 Å². The van der Waals surface area contributed by atoms with Crippen molar-refractivity contribution in [2.75, 3.05) is 11.1 Å². The molecule has 3 aromatic rings. The zero-order valence-corrected chi connectivity index (χ0v) is 13.9. The van der Waals surface area contributed by atoms with Gasteiger partial charge in [-0.05, 0) is 36.4 Å². The summed E-state index contributed by atoms with van der Waals surface area (Å²) in [4.78, 5) is 11.9. The molecule has 0 bridgehead atoms. The quantitative estimate of drug-likeness (QED) is 0.693. The van der Waals surface area contributed by atoms with E-state index in [9.17, 15) is 18.0 Å². The van der Waals surface area contributed by atoms with E-state index in [2.05, 4.69) is 20.6 Å². The minimum absolute atomic E-state index is 0.0232. The van der Waals surface area contributed by atoms with Crippen molar-refractivity contribution in [3.8, 4) is 0 Å². The molecule has 6 nitrogen and oxygen atoms in total. The number of fused-ring (bicyclic) bond motifs is 1. The number of carbonyl (C=O) groups excluding carboxylic acids is 1. The topological polar surface area (TPSA) is 72.2 Å². The number of aromatic nitrogens is 4. The molecule has 1 amide bonds. The number of nitrogens with one attached hydrogen (secondary N) is 1. The van der Waals surface area contributed by atoms with Gasteiger partial charge in [-0.15, -0.1) is 10.2 Å². The van der Waals surface area contributed by atoms with Gasteiger partial charge in [-0.2, -0.15) is 22.8 Å². The molecule has 130 valence electrons. The second-order valence-electron chi connectivity index (χ2n) is 4.81. The van der Waals surface area contributed by atoms with Crippen LogP contribution < -0.4 is 5.32 Å². The molecule has 0 aliphatic rings. The Hall–Kier alpha value is -2.33. The summed E-state index contributed by atoms with van der Waals surface area (Å²) in [6.07, 6.45) is -4.67. The van der Waals surface area contributed by atoms with Gasteiger partial charge in [-0.1, -0.05) is 23.4 Å². The van der Waals surface area contributed by atoms with Crippen LogP contribution in [0.25, 0.3) is 5.65 Å². The summed E-state index contributed by atoms with van der Waals surface area (Å²) in [6, 6.07) is 9.37. The van der Waals surface area contributed by atoms with Crippen LogP contribution in [0.5, 0.6) is 0 Å². The van der Waals surface area contributed by atoms with E-state index in [1.54, 1.807) is 24.3 Å². The number of hydrogen-bond donors (Lipinski definition) is 1. The van der Waals surface area contributed by atoms with Gasteiger partial charge < -0.3 is 5.32 Å². The van der Waals surface area contributed by atoms with Gasteiger partial charge in [0.1, 0.15) is 5.03 Å². The van der Waals surface area contributed by atoms with Gasteiger partial charge in [0, 0.05) is 10.7 Å². The van der Waals surface area contributed by atoms with Crippen LogP contribution in [0, 0.1) is 0 Å². The Kier molecular flexibility index (Phi) is 4.82. The van der Waals surface area contributed by atoms with Crippen molar-refractivity contribution in [1.29, 1.82) is 0 Å². The van der Waals surface area contributed by atoms with Crippen LogP contribution in [0.1, 0.15) is 5.82 Å². The summed E-state index contributed by atoms with van der Waals surface area (Å²) in [5, 5.41) is 13.8. The van der Waals surface area contributed by atoms with Gasteiger partial charge in [0.15, 0.2) is 5.65 Å². The average Bonchev–Trinajstić information content (AvgIpc) is 2.98. The van der Waals surface area contributed by atoms with Gasteiger partial charge in [-0.3, -0.25) is 4.79 Å². The van der Waals surface area contributed by atoms with Gasteiger partial charge in [0.05, 0.1) is 5.75 Å². The summed E-state index contributed by atoms with van der Waals surface area (Å²) in [6.45, 7) is 0. The Labute approximate surface area is 148 Å². The average molecular weight is 388 g/mol. The number of alkyl halides is 3. The summed E-state index contributed by atoms with van der Waals surface area (Å²) in [5.74, 6) is -1.56. The van der Waals surface area contributed by atoms with E-state index in [4.69, 9.17) is 11.6 Å². The van der Waals surface area contributed by atoms with Crippen molar-refractivity contribution in [2.24, 2.45) is 0 Å². The molecular formula is C14H9ClF3N5OS. The van der Waals surface area contributed by atoms with E-state index in [-0.39, 0.29) is 22.3 Å². The molecule has 0 saturated heterocycles. The van der Waals surface area contributed by atoms with Crippen molar-refractivity contribution >= 4 is 40.6 Å². The van der Waals surface area contributed by atoms with Crippen molar-refractivity contribution < 1.29 is 18.0 Å². The monoisotopic (exact) mass is 387 g/mol. The molecule has 1 N–H and O–H groups in total. The number of hydrogen-bond acceptors (Lipinski definition) is 5. The van der Waals surface area contributed by atoms with Crippen LogP contribution in [0.2, 0.25) is 5.02 Å². The number of thioether (sulfide) groups is 1. The second kappa shape index (κ2) is 6.89. The van der Waals surface area contributed by atoms with Crippen LogP contribution in [0.15, 0.2) is 41.4 Å². The number of halogens is 4. The molecule has 0 radical (unpaired) electrons. The molecule has 1 aromatic carbocycles. The molecule has 0 atom stereocenters. The number of carbonyl (C=O) groups is 1. The molecule has 11 heteroatoms. The highest BCUT2D eigenvalue weighted by molar-refractivity contribution is 7.99. The largest absolute Gasteiger partial charge is 0.453 e. The second-order valence-corrected chi connectivity index (χ2v) is 6.24. The highest BCUT2D eigenvalue weighted by Crippen LogP contribution is 2.28. The molecule has 0 aliphatic carbocycles. The lowest BCUT2D eigenvalue weighted by molar-refractivity contribution is -0.146. The van der Waals surface area contributed by atoms with Gasteiger partial charge in [0.25, 0.3) is 5.82 Å². The predicted molar refractivity (Wildman–Crippen MR) is 86.6 cm³/mol. The fourth-order valence-electron chi connectivity index (χ4n) is 1.90. The third-order valence-electron chi connectivity index (χ3n) is 2.97. The van der Waals surface area contributed by atoms with Crippen molar-refractivity contribution in [3.05, 3.63) is 47.2 Å². The standard InChI is InChI=1S/C14H9ClF3N5OS/c15-8-1-3-9(4-2-8)19-11(24)7-25-12-6-5-10-20-21-13(14(16,17)18)23(10)22-12/h1-6H,7H2,(H,19,24). The maximum Gasteiger partial charge on any atom is 0.453 e. The molecule has 0 fully saturated rings. The first-order valence-corrected chi connectivity index (χ1v) is 8.17. The third-order valence-corrected chi connectivity index (χ3v) is 4.14. The summed E-state index contributed by atoms with van der Waals surface area (Å²) >= 11 is 6.75. The molecule has 0 spiro atoms. The Morgan fingerprint density at radius 3 is 2.56 bits per heavy atom. The van der Waals surface area contributed by atoms with Crippen LogP contribution in [0.4, 0.5) is 18.9 Å². The fraction of sp³-hybridized carbons (Fsp3) is 0.143. The Bertz CT molecular complexity index is 913. The highest BCUT2D eigenvalue weighted by Gasteiger charge is 2.37. The molecule has 25 heavy (non-hydrogen) atoms. The van der Waals surface area contributed by atoms with E-state index in [1.165, 1.54) is 12.1 Å². The summed E-state index contributed by atoms with van der Waals surface area (Å²) in [5.41, 5.74) is 0.541. The lowest BCUT2D eigenvalue weighted by Gasteiger charge is -2.06. The molecule has 2 heterocycles. The first-order chi connectivity index (χ1) is 11.8. The maximum absolute atomic E-state index is 12.8. The molecule has 0 saturated carbocycles. The minimum Gasteiger partial charge on any atom is -0.325 e. The van der Waals surface area contributed by atoms with Gasteiger partial charge in [0.2, 0.25) is 5.91 Å². The lowest BCUT2D eigenvalue weighted by Crippen LogP contribution is -2.15. The van der Waals surface area contributed by atoms with E-state index < -0.39 is 12.0 Å². The van der Waals surface area contributed by atoms with Gasteiger partial charge in [-0.25, -0.2) is 0 Å². The number of rotatable bonds is 4. The van der Waals surface area contributed by atoms with Gasteiger partial charge >= 0.3 is 6.18 Å². The molecular weight excluding hydrogens is 379 g/mol. The smallest absolute Gasteiger partial charge is 0.325 e. The lowest BCUT2D eigenvalue weighted by atomic mass is 10.3. The highest BCUT2D eigenvalue weighted by atomic mass is 35.5. The number of nitrogens with zero attached hydrogens (tertiary/aromatic N) is 4. The maximum atomic E-state index is 12.8. The summed E-state index contributed by atoms with van der Waals surface area (Å²) < 4.78 is 39.1. The number of anilines is 1. The van der Waals surface area contributed by atoms with Crippen molar-refractivity contribution in [2.45, 2.75) is 11.2 Å². The fourth-order valence-corrected chi connectivity index (χ4v) is 2.68. The number of amides is 1. The van der Waals surface area contributed by atoms with Crippen LogP contribution in [-0.2, 0) is 11.0 Å². The molecule has 0 aliphatic heterocycles. The van der Waals surface area contributed by atoms with Crippen LogP contribution in [-0.4, -0.2) is 31.5 Å². The molecule has 0 unspecified atom stereocenters. The predicted octanol–water partition coefficient (Wildman–Crippen LogP) is 3.53.